The van der Waals surface area contributed by atoms with Gasteiger partial charge < -0.3 is 24.7 Å². The van der Waals surface area contributed by atoms with Crippen molar-refractivity contribution in [3.05, 3.63) is 213 Å². The minimum atomic E-state index is -4.38. The van der Waals surface area contributed by atoms with Gasteiger partial charge in [-0.3, -0.25) is 9.59 Å². The third-order valence-corrected chi connectivity index (χ3v) is 13.0. The number of aliphatic hydroxyl groups excluding tert-OH is 1. The first kappa shape index (κ1) is 58.7. The number of alkyl halides is 7. The van der Waals surface area contributed by atoms with Crippen molar-refractivity contribution in [2.24, 2.45) is 0 Å². The van der Waals surface area contributed by atoms with Crippen molar-refractivity contribution in [2.45, 2.75) is 89.8 Å². The molecule has 0 atom stereocenters. The number of aromatic carboxylic acids is 1. The lowest BCUT2D eigenvalue weighted by molar-refractivity contribution is -0.138. The zero-order valence-corrected chi connectivity index (χ0v) is 44.5. The molecule has 0 aliphatic carbocycles. The van der Waals surface area contributed by atoms with Gasteiger partial charge in [-0.2, -0.15) is 26.3 Å². The molecule has 0 fully saturated rings. The van der Waals surface area contributed by atoms with E-state index in [-0.39, 0.29) is 23.3 Å². The van der Waals surface area contributed by atoms with Crippen LogP contribution in [0.2, 0.25) is 0 Å². The van der Waals surface area contributed by atoms with E-state index in [9.17, 15) is 45.5 Å². The van der Waals surface area contributed by atoms with Crippen molar-refractivity contribution in [1.29, 1.82) is 0 Å². The van der Waals surface area contributed by atoms with E-state index in [4.69, 9.17) is 14.9 Å². The number of carbonyl (C=O) groups is 4. The molecule has 2 N–H and O–H groups in total. The van der Waals surface area contributed by atoms with Crippen molar-refractivity contribution in [1.82, 2.24) is 0 Å². The molecule has 77 heavy (non-hydrogen) atoms. The minimum absolute atomic E-state index is 0.0305. The van der Waals surface area contributed by atoms with Crippen LogP contribution in [0, 0.1) is 6.92 Å². The number of halogens is 7. The average Bonchev–Trinajstić information content (AvgIpc) is 3.41. The highest BCUT2D eigenvalue weighted by atomic mass is 79.9. The summed E-state index contributed by atoms with van der Waals surface area (Å²) in [6.07, 6.45) is -6.78. The normalized spacial score (nSPS) is 13.1. The van der Waals surface area contributed by atoms with Gasteiger partial charge in [-0.25, -0.2) is 9.59 Å². The van der Waals surface area contributed by atoms with Gasteiger partial charge in [0.05, 0.1) is 35.3 Å². The number of carboxylic acids is 1. The molecule has 0 radical (unpaired) electrons. The zero-order valence-electron chi connectivity index (χ0n) is 42.9. The van der Waals surface area contributed by atoms with Crippen LogP contribution in [0.4, 0.5) is 37.7 Å². The number of hydrogen-bond acceptors (Lipinski definition) is 6. The molecule has 9 nitrogen and oxygen atoms in total. The molecule has 16 heteroatoms. The van der Waals surface area contributed by atoms with Crippen LogP contribution in [0.5, 0.6) is 0 Å². The van der Waals surface area contributed by atoms with E-state index in [0.29, 0.717) is 49.9 Å². The number of ether oxygens (including phenoxy) is 1. The first-order valence-corrected chi connectivity index (χ1v) is 25.5. The van der Waals surface area contributed by atoms with E-state index < -0.39 is 35.0 Å². The Hall–Kier alpha value is -7.56. The Morgan fingerprint density at radius 2 is 0.883 bits per heavy atom. The van der Waals surface area contributed by atoms with Crippen molar-refractivity contribution in [3.8, 4) is 22.3 Å². The van der Waals surface area contributed by atoms with Gasteiger partial charge in [0.15, 0.2) is 0 Å². The Morgan fingerprint density at radius 3 is 1.25 bits per heavy atom. The third kappa shape index (κ3) is 16.0. The number of esters is 1. The summed E-state index contributed by atoms with van der Waals surface area (Å²) in [5, 5.41) is 16.8. The van der Waals surface area contributed by atoms with Crippen molar-refractivity contribution >= 4 is 51.1 Å². The summed E-state index contributed by atoms with van der Waals surface area (Å²) >= 11 is 3.35. The molecule has 7 aromatic rings. The predicted molar refractivity (Wildman–Crippen MR) is 290 cm³/mol. The van der Waals surface area contributed by atoms with E-state index in [1.807, 2.05) is 94.4 Å². The number of benzene rings is 7. The first-order chi connectivity index (χ1) is 36.4. The molecule has 9 rings (SSSR count). The largest absolute Gasteiger partial charge is 0.478 e. The van der Waals surface area contributed by atoms with Crippen LogP contribution in [0.25, 0.3) is 22.3 Å². The summed E-state index contributed by atoms with van der Waals surface area (Å²) < 4.78 is 82.0. The first-order valence-electron chi connectivity index (χ1n) is 24.4. The van der Waals surface area contributed by atoms with Gasteiger partial charge in [0.2, 0.25) is 11.8 Å². The topological polar surface area (TPSA) is 124 Å². The quantitative estimate of drug-likeness (QED) is 0.0838. The Kier molecular flexibility index (Phi) is 19.5. The highest BCUT2D eigenvalue weighted by Crippen LogP contribution is 2.37. The number of fused-ring (bicyclic) bond motifs is 2. The van der Waals surface area contributed by atoms with Gasteiger partial charge in [0.1, 0.15) is 5.60 Å². The van der Waals surface area contributed by atoms with Crippen molar-refractivity contribution in [3.63, 3.8) is 0 Å². The molecular formula is C61H57BrF6N2O7. The molecule has 0 spiro atoms. The molecule has 2 amide bonds. The third-order valence-electron chi connectivity index (χ3n) is 12.4. The van der Waals surface area contributed by atoms with Gasteiger partial charge >= 0.3 is 24.3 Å². The van der Waals surface area contributed by atoms with E-state index >= 15 is 0 Å². The standard InChI is InChI=1S/C24H18F3NO3.C24H20F3NO.C12H15BrO2.CH4O/c25-24(26,27)20-9-5-16(6-10-20)18-7-11-21-19(13-18)8-12-22(29)28(21)14-15-1-3-17(4-2-15)23(30)31;1-16-2-4-17(5-3-16)15-28-22-12-8-19(14-20(22)9-13-23(28)29)18-6-10-21(11-7-18)24(25,26)27;1-12(2,3)15-11(14)10-6-4-9(8-13)5-7-10;1-2/h1-7,9-11,13H,8,12,14H2,(H,30,31);2-8,10-12,14H,9,13,15H2,1H3;4-7H,8H2,1-3H3;2H,1H3. The van der Waals surface area contributed by atoms with Gasteiger partial charge in [-0.1, -0.05) is 106 Å². The van der Waals surface area contributed by atoms with Crippen LogP contribution in [0.1, 0.15) is 98.8 Å². The SMILES string of the molecule is CC(C)(C)OC(=O)c1ccc(CBr)cc1.CO.Cc1ccc(CN2C(=O)CCc3cc(-c4ccc(C(F)(F)F)cc4)ccc32)cc1.O=C(O)c1ccc(CN2C(=O)CCc3cc(-c4ccc(C(F)(F)F)cc4)ccc32)cc1. The van der Waals surface area contributed by atoms with Crippen LogP contribution in [-0.2, 0) is 57.9 Å². The molecule has 2 aliphatic heterocycles. The van der Waals surface area contributed by atoms with E-state index in [1.165, 1.54) is 42.0 Å². The Labute approximate surface area is 451 Å². The lowest BCUT2D eigenvalue weighted by atomic mass is 9.95. The molecule has 0 saturated carbocycles. The van der Waals surface area contributed by atoms with Gasteiger partial charge in [-0.15, -0.1) is 0 Å². The summed E-state index contributed by atoms with van der Waals surface area (Å²) in [7, 11) is 1.00. The molecule has 0 saturated heterocycles. The van der Waals surface area contributed by atoms with E-state index in [2.05, 4.69) is 15.9 Å². The van der Waals surface area contributed by atoms with Crippen LogP contribution in [0.15, 0.2) is 158 Å². The molecule has 2 heterocycles. The lowest BCUT2D eigenvalue weighted by Gasteiger charge is -2.30. The van der Waals surface area contributed by atoms with Crippen molar-refractivity contribution < 1.29 is 60.5 Å². The minimum Gasteiger partial charge on any atom is -0.478 e. The number of aliphatic hydroxyl groups is 1. The monoisotopic (exact) mass is 1120 g/mol. The maximum absolute atomic E-state index is 12.8. The number of carboxylic acid groups (broad SMARTS) is 1. The summed E-state index contributed by atoms with van der Waals surface area (Å²) in [5.41, 5.74) is 9.79. The summed E-state index contributed by atoms with van der Waals surface area (Å²) in [6, 6.07) is 43.3. The number of hydrogen-bond donors (Lipinski definition) is 2. The van der Waals surface area contributed by atoms with E-state index in [0.717, 1.165) is 92.6 Å². The number of amides is 2. The second kappa shape index (κ2) is 25.5. The fourth-order valence-electron chi connectivity index (χ4n) is 8.41. The predicted octanol–water partition coefficient (Wildman–Crippen LogP) is 14.9. The Bertz CT molecular complexity index is 3150. The number of anilines is 2. The van der Waals surface area contributed by atoms with Crippen LogP contribution < -0.4 is 9.80 Å². The summed E-state index contributed by atoms with van der Waals surface area (Å²) in [6.45, 7) is 8.41. The van der Waals surface area contributed by atoms with Crippen LogP contribution >= 0.6 is 15.9 Å². The van der Waals surface area contributed by atoms with Crippen LogP contribution in [-0.4, -0.2) is 46.7 Å². The average molecular weight is 1120 g/mol. The molecule has 0 unspecified atom stereocenters. The van der Waals surface area contributed by atoms with Gasteiger partial charge in [0.25, 0.3) is 0 Å². The second-order valence-corrected chi connectivity index (χ2v) is 19.7. The number of aryl methyl sites for hydroxylation is 3. The van der Waals surface area contributed by atoms with Crippen LogP contribution in [0.3, 0.4) is 0 Å². The number of carbonyl (C=O) groups excluding carboxylic acids is 3. The Morgan fingerprint density at radius 1 is 0.519 bits per heavy atom. The maximum Gasteiger partial charge on any atom is 0.416 e. The molecule has 0 aromatic heterocycles. The number of rotatable bonds is 9. The Balaban J connectivity index is 0.000000195. The maximum atomic E-state index is 12.8. The fourth-order valence-corrected chi connectivity index (χ4v) is 8.78. The second-order valence-electron chi connectivity index (χ2n) is 19.1. The number of nitrogens with zero attached hydrogens (tertiary/aromatic N) is 2. The molecular weight excluding hydrogens is 1070 g/mol. The highest BCUT2D eigenvalue weighted by Gasteiger charge is 2.32. The zero-order chi connectivity index (χ0) is 56.2. The van der Waals surface area contributed by atoms with E-state index in [1.54, 1.807) is 40.1 Å². The van der Waals surface area contributed by atoms with Crippen molar-refractivity contribution in [2.75, 3.05) is 16.9 Å². The molecule has 0 bridgehead atoms. The van der Waals surface area contributed by atoms with Gasteiger partial charge in [0, 0.05) is 36.7 Å². The smallest absolute Gasteiger partial charge is 0.416 e. The molecule has 7 aromatic carbocycles. The summed E-state index contributed by atoms with van der Waals surface area (Å²) in [4.78, 5) is 51.2. The molecule has 2 aliphatic rings. The molecule has 402 valence electrons. The summed E-state index contributed by atoms with van der Waals surface area (Å²) in [5.74, 6) is -1.23. The fraction of sp³-hybridized carbons (Fsp3) is 0.246. The lowest BCUT2D eigenvalue weighted by Crippen LogP contribution is -2.34. The van der Waals surface area contributed by atoms with Gasteiger partial charge in [-0.05, 0) is 163 Å². The highest BCUT2D eigenvalue weighted by molar-refractivity contribution is 9.08.